The van der Waals surface area contributed by atoms with Crippen molar-refractivity contribution in [2.75, 3.05) is 7.11 Å². The van der Waals surface area contributed by atoms with Gasteiger partial charge in [-0.2, -0.15) is 0 Å². The van der Waals surface area contributed by atoms with Gasteiger partial charge in [-0.1, -0.05) is 11.6 Å². The Morgan fingerprint density at radius 1 is 1.57 bits per heavy atom. The zero-order valence-corrected chi connectivity index (χ0v) is 9.59. The highest BCUT2D eigenvalue weighted by Crippen LogP contribution is 2.42. The van der Waals surface area contributed by atoms with Crippen LogP contribution in [0.1, 0.15) is 40.0 Å². The fourth-order valence-corrected chi connectivity index (χ4v) is 2.19. The number of ether oxygens (including phenoxy) is 1. The minimum absolute atomic E-state index is 0.0835. The third-order valence-electron chi connectivity index (χ3n) is 3.46. The van der Waals surface area contributed by atoms with Crippen LogP contribution in [0.2, 0.25) is 0 Å². The number of methoxy groups -OCH3 is 1. The third-order valence-corrected chi connectivity index (χ3v) is 3.46. The number of carbonyl (C=O) groups excluding carboxylic acids is 1. The van der Waals surface area contributed by atoms with Gasteiger partial charge in [0, 0.05) is 0 Å². The first-order valence-electron chi connectivity index (χ1n) is 5.24. The highest BCUT2D eigenvalue weighted by Gasteiger charge is 2.40. The first-order valence-corrected chi connectivity index (χ1v) is 5.24. The van der Waals surface area contributed by atoms with Gasteiger partial charge in [-0.3, -0.25) is 4.79 Å². The molecule has 0 aliphatic heterocycles. The van der Waals surface area contributed by atoms with Gasteiger partial charge in [0.05, 0.1) is 12.5 Å². The molecule has 1 rings (SSSR count). The quantitative estimate of drug-likeness (QED) is 0.501. The van der Waals surface area contributed by atoms with Gasteiger partial charge in [0.15, 0.2) is 0 Å². The van der Waals surface area contributed by atoms with E-state index in [9.17, 15) is 4.79 Å². The average molecular weight is 196 g/mol. The van der Waals surface area contributed by atoms with E-state index in [0.717, 1.165) is 19.3 Å². The summed E-state index contributed by atoms with van der Waals surface area (Å²) in [4.78, 5) is 11.6. The van der Waals surface area contributed by atoms with Crippen LogP contribution < -0.4 is 0 Å². The van der Waals surface area contributed by atoms with E-state index in [2.05, 4.69) is 13.0 Å². The fourth-order valence-electron chi connectivity index (χ4n) is 2.19. The number of allylic oxidation sites excluding steroid dienone is 2. The molecule has 2 heteroatoms. The lowest BCUT2D eigenvalue weighted by molar-refractivity contribution is -0.153. The van der Waals surface area contributed by atoms with Crippen molar-refractivity contribution in [2.24, 2.45) is 11.3 Å². The number of hydrogen-bond acceptors (Lipinski definition) is 2. The maximum Gasteiger partial charge on any atom is 0.311 e. The molecule has 1 saturated carbocycles. The molecule has 2 nitrogen and oxygen atoms in total. The lowest BCUT2D eigenvalue weighted by Crippen LogP contribution is -2.32. The van der Waals surface area contributed by atoms with Gasteiger partial charge < -0.3 is 4.74 Å². The van der Waals surface area contributed by atoms with Crippen molar-refractivity contribution in [3.63, 3.8) is 0 Å². The number of carbonyl (C=O) groups is 1. The molecule has 14 heavy (non-hydrogen) atoms. The molecule has 0 radical (unpaired) electrons. The Hall–Kier alpha value is -0.790. The molecule has 1 fully saturated rings. The molecular weight excluding hydrogens is 176 g/mol. The molecule has 0 N–H and O–H groups in total. The molecule has 0 saturated heterocycles. The SMILES string of the molecule is CC=C1CC[C@@H](C(C)(C)C(=O)OC)C1. The summed E-state index contributed by atoms with van der Waals surface area (Å²) in [6.45, 7) is 6.05. The van der Waals surface area contributed by atoms with E-state index in [4.69, 9.17) is 4.74 Å². The molecule has 80 valence electrons. The summed E-state index contributed by atoms with van der Waals surface area (Å²) in [5.41, 5.74) is 1.14. The lowest BCUT2D eigenvalue weighted by Gasteiger charge is -2.28. The summed E-state index contributed by atoms with van der Waals surface area (Å²) in [6.07, 6.45) is 5.48. The molecule has 0 aromatic heterocycles. The van der Waals surface area contributed by atoms with Crippen LogP contribution in [0.5, 0.6) is 0 Å². The maximum absolute atomic E-state index is 11.6. The van der Waals surface area contributed by atoms with Gasteiger partial charge in [0.2, 0.25) is 0 Å². The minimum Gasteiger partial charge on any atom is -0.469 e. The van der Waals surface area contributed by atoms with Crippen molar-refractivity contribution in [1.82, 2.24) is 0 Å². The van der Waals surface area contributed by atoms with E-state index >= 15 is 0 Å². The summed E-state index contributed by atoms with van der Waals surface area (Å²) in [6, 6.07) is 0. The monoisotopic (exact) mass is 196 g/mol. The molecule has 0 heterocycles. The number of rotatable bonds is 2. The Labute approximate surface area is 86.3 Å². The smallest absolute Gasteiger partial charge is 0.311 e. The van der Waals surface area contributed by atoms with E-state index < -0.39 is 0 Å². The van der Waals surface area contributed by atoms with Gasteiger partial charge in [0.25, 0.3) is 0 Å². The van der Waals surface area contributed by atoms with Crippen molar-refractivity contribution in [1.29, 1.82) is 0 Å². The molecule has 0 bridgehead atoms. The van der Waals surface area contributed by atoms with Crippen molar-refractivity contribution in [3.8, 4) is 0 Å². The van der Waals surface area contributed by atoms with E-state index in [1.807, 2.05) is 13.8 Å². The number of hydrogen-bond donors (Lipinski definition) is 0. The van der Waals surface area contributed by atoms with E-state index in [1.165, 1.54) is 12.7 Å². The van der Waals surface area contributed by atoms with E-state index in [0.29, 0.717) is 5.92 Å². The molecular formula is C12H20O2. The van der Waals surface area contributed by atoms with Gasteiger partial charge in [-0.15, -0.1) is 0 Å². The lowest BCUT2D eigenvalue weighted by atomic mass is 9.77. The topological polar surface area (TPSA) is 26.3 Å². The summed E-state index contributed by atoms with van der Waals surface area (Å²) in [5.74, 6) is 0.362. The van der Waals surface area contributed by atoms with Crippen molar-refractivity contribution in [3.05, 3.63) is 11.6 Å². The average Bonchev–Trinajstić information content (AvgIpc) is 2.65. The van der Waals surface area contributed by atoms with Crippen molar-refractivity contribution >= 4 is 5.97 Å². The van der Waals surface area contributed by atoms with Crippen LogP contribution in [0.4, 0.5) is 0 Å². The Balaban J connectivity index is 2.70. The Kier molecular flexibility index (Phi) is 3.35. The normalized spacial score (nSPS) is 25.4. The van der Waals surface area contributed by atoms with Crippen LogP contribution in [0.25, 0.3) is 0 Å². The summed E-state index contributed by atoms with van der Waals surface area (Å²) >= 11 is 0. The van der Waals surface area contributed by atoms with Crippen molar-refractivity contribution < 1.29 is 9.53 Å². The van der Waals surface area contributed by atoms with Gasteiger partial charge in [0.1, 0.15) is 0 Å². The zero-order valence-electron chi connectivity index (χ0n) is 9.59. The maximum atomic E-state index is 11.6. The largest absolute Gasteiger partial charge is 0.469 e. The zero-order chi connectivity index (χ0) is 10.8. The van der Waals surface area contributed by atoms with Crippen LogP contribution in [-0.4, -0.2) is 13.1 Å². The predicted molar refractivity (Wildman–Crippen MR) is 56.9 cm³/mol. The molecule has 0 spiro atoms. The predicted octanol–water partition coefficient (Wildman–Crippen LogP) is 2.93. The van der Waals surface area contributed by atoms with Crippen LogP contribution in [0, 0.1) is 11.3 Å². The second kappa shape index (κ2) is 4.16. The van der Waals surface area contributed by atoms with Crippen LogP contribution >= 0.6 is 0 Å². The highest BCUT2D eigenvalue weighted by molar-refractivity contribution is 5.76. The van der Waals surface area contributed by atoms with Gasteiger partial charge in [-0.25, -0.2) is 0 Å². The number of esters is 1. The third kappa shape index (κ3) is 1.99. The first-order chi connectivity index (χ1) is 6.52. The Bertz CT molecular complexity index is 251. The second-order valence-corrected chi connectivity index (χ2v) is 4.60. The Morgan fingerprint density at radius 2 is 2.21 bits per heavy atom. The molecule has 0 aromatic carbocycles. The molecule has 0 unspecified atom stereocenters. The fraction of sp³-hybridized carbons (Fsp3) is 0.750. The molecule has 1 atom stereocenters. The van der Waals surface area contributed by atoms with E-state index in [-0.39, 0.29) is 11.4 Å². The minimum atomic E-state index is -0.334. The molecule has 0 amide bonds. The van der Waals surface area contributed by atoms with Gasteiger partial charge >= 0.3 is 5.97 Å². The highest BCUT2D eigenvalue weighted by atomic mass is 16.5. The van der Waals surface area contributed by atoms with Crippen LogP contribution in [0.15, 0.2) is 11.6 Å². The molecule has 1 aliphatic rings. The van der Waals surface area contributed by atoms with Crippen molar-refractivity contribution in [2.45, 2.75) is 40.0 Å². The van der Waals surface area contributed by atoms with Crippen LogP contribution in [0.3, 0.4) is 0 Å². The molecule has 0 aromatic rings. The summed E-state index contributed by atoms with van der Waals surface area (Å²) in [7, 11) is 1.47. The standard InChI is InChI=1S/C12H20O2/c1-5-9-6-7-10(8-9)12(2,3)11(13)14-4/h5,10H,6-8H2,1-4H3/t10-/m1/s1. The first kappa shape index (κ1) is 11.3. The van der Waals surface area contributed by atoms with Gasteiger partial charge in [-0.05, 0) is 46.0 Å². The van der Waals surface area contributed by atoms with Crippen LogP contribution in [-0.2, 0) is 9.53 Å². The molecule has 1 aliphatic carbocycles. The summed E-state index contributed by atoms with van der Waals surface area (Å²) in [5, 5.41) is 0. The Morgan fingerprint density at radius 3 is 2.64 bits per heavy atom. The second-order valence-electron chi connectivity index (χ2n) is 4.60. The summed E-state index contributed by atoms with van der Waals surface area (Å²) < 4.78 is 4.84. The van der Waals surface area contributed by atoms with E-state index in [1.54, 1.807) is 0 Å².